The monoisotopic (exact) mass is 297 g/mol. The molecule has 0 aromatic heterocycles. The van der Waals surface area contributed by atoms with Crippen molar-refractivity contribution >= 4 is 23.1 Å². The molecule has 6 heteroatoms. The Labute approximate surface area is 124 Å². The first-order chi connectivity index (χ1) is 9.65. The van der Waals surface area contributed by atoms with Crippen LogP contribution in [0.15, 0.2) is 23.4 Å². The standard InChI is InChI=1S/C14H20ClN3O2/c1-2-20-11-5-7-18(8-6-11)13-4-3-10(9-12(13)15)14(16)17-19/h3-4,9,11,19H,2,5-8H2,1H3,(H2,16,17). The average molecular weight is 298 g/mol. The number of benzene rings is 1. The average Bonchev–Trinajstić information content (AvgIpc) is 2.47. The Bertz CT molecular complexity index is 485. The highest BCUT2D eigenvalue weighted by atomic mass is 35.5. The maximum absolute atomic E-state index is 8.67. The van der Waals surface area contributed by atoms with Crippen molar-refractivity contribution in [3.63, 3.8) is 0 Å². The molecule has 0 spiro atoms. The topological polar surface area (TPSA) is 71.1 Å². The molecule has 0 bridgehead atoms. The molecule has 1 aliphatic rings. The van der Waals surface area contributed by atoms with Crippen molar-refractivity contribution in [3.05, 3.63) is 28.8 Å². The van der Waals surface area contributed by atoms with E-state index in [1.807, 2.05) is 19.1 Å². The van der Waals surface area contributed by atoms with Crippen LogP contribution in [0.4, 0.5) is 5.69 Å². The number of nitrogens with zero attached hydrogens (tertiary/aromatic N) is 2. The fraction of sp³-hybridized carbons (Fsp3) is 0.500. The highest BCUT2D eigenvalue weighted by Gasteiger charge is 2.21. The van der Waals surface area contributed by atoms with Gasteiger partial charge >= 0.3 is 0 Å². The number of hydrogen-bond donors (Lipinski definition) is 2. The van der Waals surface area contributed by atoms with Gasteiger partial charge in [-0.15, -0.1) is 0 Å². The van der Waals surface area contributed by atoms with Gasteiger partial charge in [-0.3, -0.25) is 0 Å². The summed E-state index contributed by atoms with van der Waals surface area (Å²) in [5.74, 6) is 0.0634. The third kappa shape index (κ3) is 3.35. The molecular formula is C14H20ClN3O2. The van der Waals surface area contributed by atoms with Crippen LogP contribution >= 0.6 is 11.6 Å². The van der Waals surface area contributed by atoms with Crippen LogP contribution in [0.1, 0.15) is 25.3 Å². The van der Waals surface area contributed by atoms with Gasteiger partial charge in [0.1, 0.15) is 0 Å². The van der Waals surface area contributed by atoms with E-state index in [-0.39, 0.29) is 5.84 Å². The van der Waals surface area contributed by atoms with E-state index in [0.29, 0.717) is 16.7 Å². The van der Waals surface area contributed by atoms with Crippen LogP contribution in [0.2, 0.25) is 5.02 Å². The Balaban J connectivity index is 2.07. The molecule has 110 valence electrons. The lowest BCUT2D eigenvalue weighted by Crippen LogP contribution is -2.37. The zero-order valence-electron chi connectivity index (χ0n) is 11.6. The van der Waals surface area contributed by atoms with E-state index in [1.54, 1.807) is 6.07 Å². The Kier molecular flexibility index (Phi) is 5.09. The molecule has 2 rings (SSSR count). The summed E-state index contributed by atoms with van der Waals surface area (Å²) in [6, 6.07) is 5.45. The Morgan fingerprint density at radius 1 is 1.50 bits per heavy atom. The molecule has 1 fully saturated rings. The normalized spacial score (nSPS) is 17.5. The van der Waals surface area contributed by atoms with Crippen LogP contribution in [-0.4, -0.2) is 36.8 Å². The van der Waals surface area contributed by atoms with Gasteiger partial charge in [0.05, 0.1) is 16.8 Å². The summed E-state index contributed by atoms with van der Waals surface area (Å²) in [6.45, 7) is 4.63. The van der Waals surface area contributed by atoms with Crippen LogP contribution < -0.4 is 10.6 Å². The predicted molar refractivity (Wildman–Crippen MR) is 80.8 cm³/mol. The quantitative estimate of drug-likeness (QED) is 0.387. The lowest BCUT2D eigenvalue weighted by Gasteiger charge is -2.34. The number of rotatable bonds is 4. The van der Waals surface area contributed by atoms with E-state index in [4.69, 9.17) is 27.3 Å². The van der Waals surface area contributed by atoms with Gasteiger partial charge in [-0.2, -0.15) is 0 Å². The molecular weight excluding hydrogens is 278 g/mol. The SMILES string of the molecule is CCOC1CCN(c2ccc(C(N)=NO)cc2Cl)CC1. The van der Waals surface area contributed by atoms with E-state index >= 15 is 0 Å². The predicted octanol–water partition coefficient (Wildman–Crippen LogP) is 2.44. The molecule has 0 amide bonds. The van der Waals surface area contributed by atoms with Gasteiger partial charge in [-0.1, -0.05) is 16.8 Å². The maximum Gasteiger partial charge on any atom is 0.170 e. The molecule has 5 nitrogen and oxygen atoms in total. The minimum atomic E-state index is 0.0634. The Hall–Kier alpha value is -1.46. The molecule has 3 N–H and O–H groups in total. The fourth-order valence-corrected chi connectivity index (χ4v) is 2.78. The molecule has 0 atom stereocenters. The van der Waals surface area contributed by atoms with E-state index in [0.717, 1.165) is 38.2 Å². The van der Waals surface area contributed by atoms with Crippen molar-refractivity contribution in [2.24, 2.45) is 10.9 Å². The number of halogens is 1. The van der Waals surface area contributed by atoms with Crippen LogP contribution in [0.5, 0.6) is 0 Å². The molecule has 20 heavy (non-hydrogen) atoms. The summed E-state index contributed by atoms with van der Waals surface area (Å²) in [4.78, 5) is 2.24. The summed E-state index contributed by atoms with van der Waals surface area (Å²) in [5.41, 5.74) is 7.15. The molecule has 0 saturated carbocycles. The van der Waals surface area contributed by atoms with Crippen molar-refractivity contribution in [2.45, 2.75) is 25.9 Å². The minimum absolute atomic E-state index is 0.0634. The zero-order valence-corrected chi connectivity index (χ0v) is 12.3. The van der Waals surface area contributed by atoms with Gasteiger partial charge in [-0.25, -0.2) is 0 Å². The summed E-state index contributed by atoms with van der Waals surface area (Å²) in [6.07, 6.45) is 2.37. The van der Waals surface area contributed by atoms with Gasteiger partial charge in [0.2, 0.25) is 0 Å². The molecule has 0 aliphatic carbocycles. The first-order valence-electron chi connectivity index (χ1n) is 6.79. The van der Waals surface area contributed by atoms with Crippen molar-refractivity contribution in [1.82, 2.24) is 0 Å². The number of piperidine rings is 1. The van der Waals surface area contributed by atoms with Gasteiger partial charge in [0, 0.05) is 25.3 Å². The molecule has 1 aromatic rings. The van der Waals surface area contributed by atoms with Gasteiger partial charge in [0.25, 0.3) is 0 Å². The van der Waals surface area contributed by atoms with Crippen LogP contribution in [-0.2, 0) is 4.74 Å². The second-order valence-corrected chi connectivity index (χ2v) is 5.20. The van der Waals surface area contributed by atoms with E-state index in [2.05, 4.69) is 10.1 Å². The minimum Gasteiger partial charge on any atom is -0.409 e. The van der Waals surface area contributed by atoms with Crippen LogP contribution in [0.25, 0.3) is 0 Å². The first-order valence-corrected chi connectivity index (χ1v) is 7.17. The third-order valence-corrected chi connectivity index (χ3v) is 3.84. The molecule has 0 unspecified atom stereocenters. The lowest BCUT2D eigenvalue weighted by atomic mass is 10.1. The largest absolute Gasteiger partial charge is 0.409 e. The van der Waals surface area contributed by atoms with Gasteiger partial charge in [0.15, 0.2) is 5.84 Å². The second kappa shape index (κ2) is 6.81. The fourth-order valence-electron chi connectivity index (χ4n) is 2.48. The Morgan fingerprint density at radius 3 is 2.75 bits per heavy atom. The van der Waals surface area contributed by atoms with Crippen LogP contribution in [0, 0.1) is 0 Å². The zero-order chi connectivity index (χ0) is 14.5. The van der Waals surface area contributed by atoms with Gasteiger partial charge in [-0.05, 0) is 38.0 Å². The summed E-state index contributed by atoms with van der Waals surface area (Å²) in [5, 5.41) is 12.3. The molecule has 1 aliphatic heterocycles. The highest BCUT2D eigenvalue weighted by molar-refractivity contribution is 6.33. The summed E-state index contributed by atoms with van der Waals surface area (Å²) >= 11 is 6.30. The second-order valence-electron chi connectivity index (χ2n) is 4.79. The molecule has 1 saturated heterocycles. The number of hydrogen-bond acceptors (Lipinski definition) is 4. The lowest BCUT2D eigenvalue weighted by molar-refractivity contribution is 0.0459. The third-order valence-electron chi connectivity index (χ3n) is 3.54. The van der Waals surface area contributed by atoms with Crippen molar-refractivity contribution in [3.8, 4) is 0 Å². The summed E-state index contributed by atoms with van der Waals surface area (Å²) < 4.78 is 5.64. The van der Waals surface area contributed by atoms with Gasteiger partial charge < -0.3 is 20.6 Å². The van der Waals surface area contributed by atoms with E-state index in [1.165, 1.54) is 0 Å². The molecule has 0 radical (unpaired) electrons. The number of anilines is 1. The Morgan fingerprint density at radius 2 is 2.20 bits per heavy atom. The first kappa shape index (κ1) is 14.9. The number of ether oxygens (including phenoxy) is 1. The molecule has 1 aromatic carbocycles. The van der Waals surface area contributed by atoms with Crippen molar-refractivity contribution < 1.29 is 9.94 Å². The molecule has 1 heterocycles. The van der Waals surface area contributed by atoms with Crippen LogP contribution in [0.3, 0.4) is 0 Å². The number of oxime groups is 1. The number of amidine groups is 1. The van der Waals surface area contributed by atoms with Crippen molar-refractivity contribution in [1.29, 1.82) is 0 Å². The van der Waals surface area contributed by atoms with E-state index in [9.17, 15) is 0 Å². The summed E-state index contributed by atoms with van der Waals surface area (Å²) in [7, 11) is 0. The van der Waals surface area contributed by atoms with E-state index < -0.39 is 0 Å². The smallest absolute Gasteiger partial charge is 0.170 e. The maximum atomic E-state index is 8.67. The highest BCUT2D eigenvalue weighted by Crippen LogP contribution is 2.29. The number of nitrogens with two attached hydrogens (primary N) is 1. The van der Waals surface area contributed by atoms with Crippen molar-refractivity contribution in [2.75, 3.05) is 24.6 Å².